The van der Waals surface area contributed by atoms with E-state index in [-0.39, 0.29) is 48.1 Å². The minimum atomic E-state index is -4.19. The SMILES string of the molecule is CCCC(C)OC(=O)C(C)N[P@](=O)(OC[C@@]1(COC(=O)C(C)C)C/C1=C/n1cnc2c(=O)[nH]c(N)nc21)Oc1ccccc1. The van der Waals surface area contributed by atoms with Crippen molar-refractivity contribution in [3.63, 3.8) is 0 Å². The number of para-hydroxylation sites is 1. The average molecular weight is 631 g/mol. The first-order chi connectivity index (χ1) is 20.8. The third kappa shape index (κ3) is 8.13. The zero-order valence-corrected chi connectivity index (χ0v) is 26.3. The van der Waals surface area contributed by atoms with Gasteiger partial charge in [0, 0.05) is 6.20 Å². The van der Waals surface area contributed by atoms with Crippen LogP contribution in [0, 0.1) is 11.3 Å². The molecule has 0 spiro atoms. The maximum absolute atomic E-state index is 14.1. The molecule has 0 bridgehead atoms. The highest BCUT2D eigenvalue weighted by Gasteiger charge is 2.52. The lowest BCUT2D eigenvalue weighted by Gasteiger charge is -2.25. The Balaban J connectivity index is 1.60. The van der Waals surface area contributed by atoms with Gasteiger partial charge in [-0.1, -0.05) is 45.4 Å². The van der Waals surface area contributed by atoms with Crippen LogP contribution in [0.4, 0.5) is 5.95 Å². The van der Waals surface area contributed by atoms with Gasteiger partial charge in [-0.25, -0.2) is 9.55 Å². The van der Waals surface area contributed by atoms with Gasteiger partial charge in [0.1, 0.15) is 24.7 Å². The molecule has 1 fully saturated rings. The molecule has 44 heavy (non-hydrogen) atoms. The second kappa shape index (κ2) is 13.7. The molecule has 1 saturated carbocycles. The van der Waals surface area contributed by atoms with Crippen molar-refractivity contribution in [3.8, 4) is 5.75 Å². The monoisotopic (exact) mass is 630 g/mol. The van der Waals surface area contributed by atoms with Gasteiger partial charge in [-0.05, 0) is 44.4 Å². The van der Waals surface area contributed by atoms with Crippen LogP contribution < -0.4 is 20.9 Å². The summed E-state index contributed by atoms with van der Waals surface area (Å²) >= 11 is 0. The number of hydrogen-bond donors (Lipinski definition) is 3. The Morgan fingerprint density at radius 3 is 2.59 bits per heavy atom. The smallest absolute Gasteiger partial charge is 0.459 e. The van der Waals surface area contributed by atoms with Crippen molar-refractivity contribution >= 4 is 43.0 Å². The number of nitrogens with two attached hydrogens (primary N) is 1. The minimum absolute atomic E-state index is 0.0688. The van der Waals surface area contributed by atoms with Gasteiger partial charge in [0.2, 0.25) is 5.95 Å². The van der Waals surface area contributed by atoms with Crippen LogP contribution in [0.2, 0.25) is 0 Å². The van der Waals surface area contributed by atoms with Gasteiger partial charge in [0.15, 0.2) is 11.2 Å². The van der Waals surface area contributed by atoms with Crippen molar-refractivity contribution in [2.24, 2.45) is 11.3 Å². The van der Waals surface area contributed by atoms with Gasteiger partial charge < -0.3 is 19.7 Å². The Kier molecular flexibility index (Phi) is 10.3. The van der Waals surface area contributed by atoms with Crippen LogP contribution in [0.15, 0.2) is 47.0 Å². The van der Waals surface area contributed by atoms with Crippen LogP contribution >= 0.6 is 7.75 Å². The van der Waals surface area contributed by atoms with Crippen LogP contribution in [0.3, 0.4) is 0 Å². The molecule has 0 radical (unpaired) electrons. The van der Waals surface area contributed by atoms with E-state index in [2.05, 4.69) is 20.0 Å². The van der Waals surface area contributed by atoms with Crippen molar-refractivity contribution in [3.05, 3.63) is 52.6 Å². The van der Waals surface area contributed by atoms with Crippen molar-refractivity contribution in [2.75, 3.05) is 18.9 Å². The standard InChI is InChI=1S/C29H39N6O8P/c1-6-10-19(4)42-27(38)20(5)34-44(39,43-22-11-8-7-9-12-22)41-16-29(15-40-26(37)18(2)3)13-21(29)14-35-17-31-23-24(35)32-28(30)33-25(23)36/h7-9,11-12,14,17-20H,6,10,13,15-16H2,1-5H3,(H,34,39)(H3,30,32,33,36)/b21-14-/t19?,20?,29-,44-/m0/s1. The molecule has 0 saturated heterocycles. The quantitative estimate of drug-likeness (QED) is 0.162. The van der Waals surface area contributed by atoms with Crippen molar-refractivity contribution in [2.45, 2.75) is 66.0 Å². The van der Waals surface area contributed by atoms with Crippen molar-refractivity contribution in [1.29, 1.82) is 0 Å². The van der Waals surface area contributed by atoms with Gasteiger partial charge >= 0.3 is 19.7 Å². The molecule has 3 aromatic rings. The molecule has 2 heterocycles. The van der Waals surface area contributed by atoms with Crippen LogP contribution in [-0.2, 0) is 28.2 Å². The molecule has 2 unspecified atom stereocenters. The Labute approximate surface area is 254 Å². The molecule has 4 atom stereocenters. The lowest BCUT2D eigenvalue weighted by atomic mass is 10.1. The van der Waals surface area contributed by atoms with Crippen LogP contribution in [0.25, 0.3) is 17.4 Å². The molecule has 1 aromatic carbocycles. The van der Waals surface area contributed by atoms with Crippen LogP contribution in [0.5, 0.6) is 5.75 Å². The van der Waals surface area contributed by atoms with Gasteiger partial charge in [0.25, 0.3) is 5.56 Å². The number of H-pyrrole nitrogens is 1. The molecule has 238 valence electrons. The van der Waals surface area contributed by atoms with Crippen molar-refractivity contribution in [1.82, 2.24) is 24.6 Å². The molecular formula is C29H39N6O8P. The highest BCUT2D eigenvalue weighted by Crippen LogP contribution is 2.56. The van der Waals surface area contributed by atoms with Crippen LogP contribution in [0.1, 0.15) is 53.9 Å². The van der Waals surface area contributed by atoms with E-state index in [1.807, 2.05) is 6.92 Å². The number of benzene rings is 1. The number of imidazole rings is 1. The summed E-state index contributed by atoms with van der Waals surface area (Å²) in [5, 5.41) is 2.70. The molecule has 4 N–H and O–H groups in total. The van der Waals surface area contributed by atoms with Gasteiger partial charge in [0.05, 0.1) is 24.0 Å². The van der Waals surface area contributed by atoms with E-state index in [0.29, 0.717) is 12.8 Å². The summed E-state index contributed by atoms with van der Waals surface area (Å²) in [5.74, 6) is -1.20. The Bertz CT molecular complexity index is 1620. The summed E-state index contributed by atoms with van der Waals surface area (Å²) in [6.45, 7) is 8.45. The lowest BCUT2D eigenvalue weighted by molar-refractivity contribution is -0.151. The number of nitrogens with one attached hydrogen (secondary N) is 2. The van der Waals surface area contributed by atoms with Crippen molar-refractivity contribution < 1.29 is 32.7 Å². The first-order valence-electron chi connectivity index (χ1n) is 14.4. The number of hydrogen-bond acceptors (Lipinski definition) is 11. The van der Waals surface area contributed by atoms with E-state index in [1.54, 1.807) is 57.3 Å². The molecule has 14 nitrogen and oxygen atoms in total. The number of esters is 2. The summed E-state index contributed by atoms with van der Waals surface area (Å²) < 4.78 is 38.5. The molecule has 1 aliphatic rings. The number of anilines is 1. The van der Waals surface area contributed by atoms with Gasteiger partial charge in [-0.3, -0.25) is 28.5 Å². The third-order valence-electron chi connectivity index (χ3n) is 6.99. The normalized spacial score (nSPS) is 19.8. The van der Waals surface area contributed by atoms with E-state index in [0.717, 1.165) is 12.0 Å². The first-order valence-corrected chi connectivity index (χ1v) is 16.0. The van der Waals surface area contributed by atoms with E-state index in [9.17, 15) is 18.9 Å². The lowest BCUT2D eigenvalue weighted by Crippen LogP contribution is -2.37. The highest BCUT2D eigenvalue weighted by molar-refractivity contribution is 7.52. The van der Waals surface area contributed by atoms with Crippen LogP contribution in [-0.4, -0.2) is 56.8 Å². The molecule has 4 rings (SSSR count). The molecule has 2 aromatic heterocycles. The second-order valence-corrected chi connectivity index (χ2v) is 12.9. The fraction of sp³-hybridized carbons (Fsp3) is 0.483. The molecule has 0 aliphatic heterocycles. The number of fused-ring (bicyclic) bond motifs is 1. The highest BCUT2D eigenvalue weighted by atomic mass is 31.2. The fourth-order valence-electron chi connectivity index (χ4n) is 4.39. The largest absolute Gasteiger partial charge is 0.464 e. The number of carbonyl (C=O) groups excluding carboxylic acids is 2. The maximum atomic E-state index is 14.1. The number of aromatic nitrogens is 4. The number of aromatic amines is 1. The number of ether oxygens (including phenoxy) is 2. The van der Waals surface area contributed by atoms with Gasteiger partial charge in [-0.15, -0.1) is 0 Å². The predicted molar refractivity (Wildman–Crippen MR) is 163 cm³/mol. The third-order valence-corrected chi connectivity index (χ3v) is 8.61. The Hall–Kier alpha value is -4.00. The summed E-state index contributed by atoms with van der Waals surface area (Å²) in [6.07, 6.45) is 4.71. The maximum Gasteiger partial charge on any atom is 0.459 e. The molecule has 0 amide bonds. The zero-order valence-electron chi connectivity index (χ0n) is 25.4. The van der Waals surface area contributed by atoms with E-state index >= 15 is 0 Å². The molecule has 15 heteroatoms. The van der Waals surface area contributed by atoms with E-state index in [4.69, 9.17) is 24.3 Å². The minimum Gasteiger partial charge on any atom is -0.464 e. The molecular weight excluding hydrogens is 591 g/mol. The number of rotatable bonds is 15. The number of carbonyl (C=O) groups is 2. The number of nitrogens with zero attached hydrogens (tertiary/aromatic N) is 3. The topological polar surface area (TPSA) is 190 Å². The summed E-state index contributed by atoms with van der Waals surface area (Å²) in [6, 6.07) is 7.38. The van der Waals surface area contributed by atoms with E-state index in [1.165, 1.54) is 17.8 Å². The van der Waals surface area contributed by atoms with Gasteiger partial charge in [-0.2, -0.15) is 10.1 Å². The Morgan fingerprint density at radius 1 is 1.18 bits per heavy atom. The fourth-order valence-corrected chi connectivity index (χ4v) is 5.96. The summed E-state index contributed by atoms with van der Waals surface area (Å²) in [7, 11) is -4.19. The van der Waals surface area contributed by atoms with E-state index < -0.39 is 36.7 Å². The Morgan fingerprint density at radius 2 is 1.91 bits per heavy atom. The number of nitrogen functional groups attached to an aromatic ring is 1. The first kappa shape index (κ1) is 32.9. The zero-order chi connectivity index (χ0) is 32.1. The summed E-state index contributed by atoms with van der Waals surface area (Å²) in [5.41, 5.74) is 5.46. The molecule has 1 aliphatic carbocycles. The summed E-state index contributed by atoms with van der Waals surface area (Å²) in [4.78, 5) is 48.1. The second-order valence-electron chi connectivity index (χ2n) is 11.2. The average Bonchev–Trinajstić information content (AvgIpc) is 3.50. The predicted octanol–water partition coefficient (Wildman–Crippen LogP) is 4.05.